The number of rotatable bonds is 6. The Labute approximate surface area is 127 Å². The van der Waals surface area contributed by atoms with E-state index in [2.05, 4.69) is 42.6 Å². The van der Waals surface area contributed by atoms with Gasteiger partial charge in [0.2, 0.25) is 0 Å². The van der Waals surface area contributed by atoms with E-state index in [1.807, 2.05) is 20.9 Å². The maximum atomic E-state index is 12.1. The number of nitriles is 1. The molecule has 1 aromatic carbocycles. The highest BCUT2D eigenvalue weighted by atomic mass is 16.2. The quantitative estimate of drug-likeness (QED) is 0.822. The monoisotopic (exact) mass is 288 g/mol. The third-order valence-corrected chi connectivity index (χ3v) is 3.87. The highest BCUT2D eigenvalue weighted by Crippen LogP contribution is 2.14. The fourth-order valence-electron chi connectivity index (χ4n) is 2.03. The number of carbonyl (C=O) groups excluding carboxylic acids is 1. The minimum atomic E-state index is -0.804. The lowest BCUT2D eigenvalue weighted by Gasteiger charge is -2.27. The van der Waals surface area contributed by atoms with E-state index >= 15 is 0 Å². The normalized spacial score (nSPS) is 15.1. The molecule has 21 heavy (non-hydrogen) atoms. The zero-order chi connectivity index (χ0) is 16.0. The number of likely N-dealkylation sites (N-methyl/N-ethyl adjacent to an activating group) is 1. The third-order valence-electron chi connectivity index (χ3n) is 3.87. The van der Waals surface area contributed by atoms with Gasteiger partial charge in [0.15, 0.2) is 6.54 Å². The van der Waals surface area contributed by atoms with Crippen LogP contribution >= 0.6 is 0 Å². The summed E-state index contributed by atoms with van der Waals surface area (Å²) in [6.07, 6.45) is 0. The first-order chi connectivity index (χ1) is 9.76. The van der Waals surface area contributed by atoms with E-state index in [1.165, 1.54) is 11.1 Å². The average Bonchev–Trinajstić information content (AvgIpc) is 2.40. The van der Waals surface area contributed by atoms with Crippen LogP contribution in [0.5, 0.6) is 0 Å². The molecule has 0 bridgehead atoms. The smallest absolute Gasteiger partial charge is 0.276 e. The molecule has 0 radical (unpaired) electrons. The van der Waals surface area contributed by atoms with Crippen LogP contribution in [0.4, 0.5) is 0 Å². The van der Waals surface area contributed by atoms with Gasteiger partial charge in [-0.2, -0.15) is 5.26 Å². The number of hydrogen-bond acceptors (Lipinski definition) is 2. The molecule has 0 aliphatic heterocycles. The van der Waals surface area contributed by atoms with Crippen LogP contribution in [-0.4, -0.2) is 25.0 Å². The minimum absolute atomic E-state index is 0.0730. The summed E-state index contributed by atoms with van der Waals surface area (Å²) >= 11 is 0. The number of carbonyl (C=O) groups is 1. The largest absolute Gasteiger partial charge is 0.333 e. The Balaban J connectivity index is 2.55. The number of amides is 1. The van der Waals surface area contributed by atoms with Crippen molar-refractivity contribution < 1.29 is 9.69 Å². The maximum absolute atomic E-state index is 12.1. The van der Waals surface area contributed by atoms with E-state index in [0.717, 1.165) is 11.4 Å². The number of hydrogen-bond donors (Lipinski definition) is 2. The molecule has 0 aromatic heterocycles. The predicted molar refractivity (Wildman–Crippen MR) is 83.6 cm³/mol. The molecule has 1 amide bonds. The molecular weight excluding hydrogens is 262 g/mol. The van der Waals surface area contributed by atoms with Crippen LogP contribution in [0.1, 0.15) is 31.9 Å². The molecule has 114 valence electrons. The molecule has 0 spiro atoms. The summed E-state index contributed by atoms with van der Waals surface area (Å²) in [4.78, 5) is 13.2. The summed E-state index contributed by atoms with van der Waals surface area (Å²) in [5.74, 6) is -0.0128. The molecule has 1 aromatic rings. The van der Waals surface area contributed by atoms with Gasteiger partial charge in [-0.3, -0.25) is 4.79 Å². The number of nitrogens with zero attached hydrogens (tertiary/aromatic N) is 1. The Kier molecular flexibility index (Phi) is 5.92. The fraction of sp³-hybridized carbons (Fsp3) is 0.529. The van der Waals surface area contributed by atoms with Gasteiger partial charge in [0.05, 0.1) is 13.1 Å². The van der Waals surface area contributed by atoms with Gasteiger partial charge in [0.25, 0.3) is 5.91 Å². The Morgan fingerprint density at radius 2 is 1.95 bits per heavy atom. The van der Waals surface area contributed by atoms with Crippen molar-refractivity contribution >= 4 is 5.91 Å². The van der Waals surface area contributed by atoms with Crippen molar-refractivity contribution in [3.8, 4) is 6.07 Å². The standard InChI is InChI=1S/C17H25N3O/c1-13(2)17(4,12-18)19-16(21)11-20(5)10-15-8-6-14(3)7-9-15/h6-9,13H,10-11H2,1-5H3,(H,19,21)/p+1/t17-/m1/s1. The van der Waals surface area contributed by atoms with E-state index in [9.17, 15) is 10.1 Å². The van der Waals surface area contributed by atoms with E-state index in [-0.39, 0.29) is 11.8 Å². The molecule has 2 N–H and O–H groups in total. The molecule has 1 rings (SSSR count). The zero-order valence-electron chi connectivity index (χ0n) is 13.7. The average molecular weight is 288 g/mol. The fourth-order valence-corrected chi connectivity index (χ4v) is 2.03. The SMILES string of the molecule is Cc1ccc(C[NH+](C)CC(=O)N[C@](C)(C#N)C(C)C)cc1. The van der Waals surface area contributed by atoms with E-state index in [4.69, 9.17) is 0 Å². The lowest BCUT2D eigenvalue weighted by molar-refractivity contribution is -0.885. The van der Waals surface area contributed by atoms with Crippen molar-refractivity contribution in [2.45, 2.75) is 39.8 Å². The number of benzene rings is 1. The summed E-state index contributed by atoms with van der Waals surface area (Å²) in [6, 6.07) is 10.5. The second-order valence-electron chi connectivity index (χ2n) is 6.31. The number of quaternary nitrogens is 1. The predicted octanol–water partition coefficient (Wildman–Crippen LogP) is 1.06. The van der Waals surface area contributed by atoms with E-state index < -0.39 is 5.54 Å². The maximum Gasteiger partial charge on any atom is 0.276 e. The molecule has 0 fully saturated rings. The second kappa shape index (κ2) is 7.24. The highest BCUT2D eigenvalue weighted by molar-refractivity contribution is 5.78. The van der Waals surface area contributed by atoms with Gasteiger partial charge in [-0.25, -0.2) is 0 Å². The number of aryl methyl sites for hydroxylation is 1. The first kappa shape index (κ1) is 17.2. The van der Waals surface area contributed by atoms with Gasteiger partial charge in [-0.1, -0.05) is 43.7 Å². The van der Waals surface area contributed by atoms with Crippen molar-refractivity contribution in [3.05, 3.63) is 35.4 Å². The molecule has 2 atom stereocenters. The molecule has 0 aliphatic carbocycles. The van der Waals surface area contributed by atoms with Crippen LogP contribution in [0.15, 0.2) is 24.3 Å². The van der Waals surface area contributed by atoms with Gasteiger partial charge < -0.3 is 10.2 Å². The summed E-state index contributed by atoms with van der Waals surface area (Å²) in [5.41, 5.74) is 1.63. The molecule has 0 saturated carbocycles. The summed E-state index contributed by atoms with van der Waals surface area (Å²) in [7, 11) is 1.98. The van der Waals surface area contributed by atoms with Gasteiger partial charge in [0.1, 0.15) is 12.1 Å². The van der Waals surface area contributed by atoms with Gasteiger partial charge >= 0.3 is 0 Å². The molecule has 4 nitrogen and oxygen atoms in total. The van der Waals surface area contributed by atoms with Crippen molar-refractivity contribution in [3.63, 3.8) is 0 Å². The molecule has 0 saturated heterocycles. The first-order valence-electron chi connectivity index (χ1n) is 7.36. The second-order valence-corrected chi connectivity index (χ2v) is 6.31. The Bertz CT molecular complexity index is 516. The lowest BCUT2D eigenvalue weighted by atomic mass is 9.90. The van der Waals surface area contributed by atoms with Crippen LogP contribution in [0.25, 0.3) is 0 Å². The van der Waals surface area contributed by atoms with Crippen LogP contribution in [0.3, 0.4) is 0 Å². The summed E-state index contributed by atoms with van der Waals surface area (Å²) in [6.45, 7) is 8.85. The molecular formula is C17H26N3O+. The Morgan fingerprint density at radius 1 is 1.38 bits per heavy atom. The van der Waals surface area contributed by atoms with Crippen LogP contribution in [0.2, 0.25) is 0 Å². The highest BCUT2D eigenvalue weighted by Gasteiger charge is 2.30. The molecule has 0 heterocycles. The van der Waals surface area contributed by atoms with Crippen molar-refractivity contribution in [2.24, 2.45) is 5.92 Å². The third kappa shape index (κ3) is 5.20. The Morgan fingerprint density at radius 3 is 2.43 bits per heavy atom. The summed E-state index contributed by atoms with van der Waals surface area (Å²) < 4.78 is 0. The molecule has 0 aliphatic rings. The van der Waals surface area contributed by atoms with Gasteiger partial charge in [-0.15, -0.1) is 0 Å². The van der Waals surface area contributed by atoms with Crippen molar-refractivity contribution in [2.75, 3.05) is 13.6 Å². The first-order valence-corrected chi connectivity index (χ1v) is 7.36. The van der Waals surface area contributed by atoms with Crippen LogP contribution < -0.4 is 10.2 Å². The molecule has 4 heteroatoms. The Hall–Kier alpha value is -1.86. The van der Waals surface area contributed by atoms with Gasteiger partial charge in [-0.05, 0) is 19.8 Å². The minimum Gasteiger partial charge on any atom is -0.333 e. The van der Waals surface area contributed by atoms with Crippen LogP contribution in [0, 0.1) is 24.2 Å². The zero-order valence-corrected chi connectivity index (χ0v) is 13.7. The van der Waals surface area contributed by atoms with Gasteiger partial charge in [0, 0.05) is 5.56 Å². The van der Waals surface area contributed by atoms with E-state index in [1.54, 1.807) is 6.92 Å². The topological polar surface area (TPSA) is 57.3 Å². The van der Waals surface area contributed by atoms with E-state index in [0.29, 0.717) is 6.54 Å². The summed E-state index contributed by atoms with van der Waals surface area (Å²) in [5, 5.41) is 12.1. The molecule has 1 unspecified atom stereocenters. The van der Waals surface area contributed by atoms with Crippen molar-refractivity contribution in [1.82, 2.24) is 5.32 Å². The van der Waals surface area contributed by atoms with Crippen LogP contribution in [-0.2, 0) is 11.3 Å². The van der Waals surface area contributed by atoms with Crippen molar-refractivity contribution in [1.29, 1.82) is 5.26 Å². The number of nitrogens with one attached hydrogen (secondary N) is 2. The lowest BCUT2D eigenvalue weighted by Crippen LogP contribution is -3.09.